The topological polar surface area (TPSA) is 113 Å². The molecule has 0 bridgehead atoms. The number of morpholine rings is 1. The minimum atomic E-state index is -1.48. The van der Waals surface area contributed by atoms with Gasteiger partial charge in [-0.3, -0.25) is 9.69 Å². The standard InChI is InChI=1S/C23H24F2N4O5S/c1-3-34-22(32)18-16(11-29-7-8-33-12-17(29)21(30)31)27-19(20-26-6-9-35-20)28-23(18,2)13-4-5-14(24)15(25)10-13/h4-6,9-10,17H,3,7-8,11-12H2,1-2H3,(H,27,28)(H,30,31). The van der Waals surface area contributed by atoms with Gasteiger partial charge in [0, 0.05) is 30.4 Å². The van der Waals surface area contributed by atoms with Gasteiger partial charge in [0.1, 0.15) is 11.6 Å². The Morgan fingerprint density at radius 3 is 2.83 bits per heavy atom. The predicted molar refractivity (Wildman–Crippen MR) is 123 cm³/mol. The first-order chi connectivity index (χ1) is 16.7. The molecule has 35 heavy (non-hydrogen) atoms. The van der Waals surface area contributed by atoms with Gasteiger partial charge in [0.15, 0.2) is 22.5 Å². The molecule has 2 atom stereocenters. The molecule has 1 aromatic heterocycles. The Morgan fingerprint density at radius 1 is 1.37 bits per heavy atom. The number of aliphatic carboxylic acids is 1. The normalized spacial score (nSPS) is 23.0. The lowest BCUT2D eigenvalue weighted by atomic mass is 9.82. The summed E-state index contributed by atoms with van der Waals surface area (Å²) in [4.78, 5) is 35.8. The van der Waals surface area contributed by atoms with Crippen LogP contribution in [0.1, 0.15) is 24.4 Å². The highest BCUT2D eigenvalue weighted by molar-refractivity contribution is 7.11. The summed E-state index contributed by atoms with van der Waals surface area (Å²) < 4.78 is 38.7. The number of carbonyl (C=O) groups is 2. The molecule has 1 saturated heterocycles. The van der Waals surface area contributed by atoms with Crippen LogP contribution in [0.3, 0.4) is 0 Å². The van der Waals surface area contributed by atoms with Crippen molar-refractivity contribution >= 4 is 29.1 Å². The number of carboxylic acids is 1. The fourth-order valence-corrected chi connectivity index (χ4v) is 4.74. The van der Waals surface area contributed by atoms with E-state index in [0.29, 0.717) is 29.7 Å². The minimum Gasteiger partial charge on any atom is -0.480 e. The highest BCUT2D eigenvalue weighted by atomic mass is 32.1. The third-order valence-corrected chi connectivity index (χ3v) is 6.65. The molecule has 1 fully saturated rings. The molecule has 0 amide bonds. The van der Waals surface area contributed by atoms with Gasteiger partial charge in [-0.1, -0.05) is 6.07 Å². The number of thiazole rings is 1. The van der Waals surface area contributed by atoms with Gasteiger partial charge >= 0.3 is 11.9 Å². The number of benzene rings is 1. The summed E-state index contributed by atoms with van der Waals surface area (Å²) >= 11 is 1.30. The molecule has 9 nitrogen and oxygen atoms in total. The number of hydrogen-bond acceptors (Lipinski definition) is 9. The van der Waals surface area contributed by atoms with Crippen molar-refractivity contribution in [3.8, 4) is 0 Å². The largest absolute Gasteiger partial charge is 0.480 e. The molecule has 2 unspecified atom stereocenters. The van der Waals surface area contributed by atoms with E-state index in [1.165, 1.54) is 17.4 Å². The highest BCUT2D eigenvalue weighted by Crippen LogP contribution is 2.39. The van der Waals surface area contributed by atoms with E-state index >= 15 is 0 Å². The second-order valence-electron chi connectivity index (χ2n) is 8.10. The lowest BCUT2D eigenvalue weighted by Crippen LogP contribution is -2.53. The summed E-state index contributed by atoms with van der Waals surface area (Å²) in [6.07, 6.45) is 1.59. The molecule has 12 heteroatoms. The lowest BCUT2D eigenvalue weighted by molar-refractivity contribution is -0.149. The molecule has 0 aliphatic carbocycles. The average Bonchev–Trinajstić information content (AvgIpc) is 3.36. The molecule has 3 heterocycles. The molecule has 0 spiro atoms. The Kier molecular flexibility index (Phi) is 7.24. The molecule has 4 rings (SSSR count). The number of nitrogens with zero attached hydrogens (tertiary/aromatic N) is 3. The van der Waals surface area contributed by atoms with Crippen LogP contribution in [0.15, 0.2) is 46.0 Å². The van der Waals surface area contributed by atoms with Crippen molar-refractivity contribution in [3.05, 3.63) is 63.3 Å². The quantitative estimate of drug-likeness (QED) is 0.550. The third kappa shape index (κ3) is 4.95. The van der Waals surface area contributed by atoms with Gasteiger partial charge in [-0.05, 0) is 31.5 Å². The second kappa shape index (κ2) is 10.2. The molecular formula is C23H24F2N4O5S. The molecule has 0 radical (unpaired) electrons. The van der Waals surface area contributed by atoms with Gasteiger partial charge in [0.25, 0.3) is 0 Å². The molecule has 1 aromatic carbocycles. The Morgan fingerprint density at radius 2 is 2.17 bits per heavy atom. The summed E-state index contributed by atoms with van der Waals surface area (Å²) in [5.74, 6) is -3.57. The maximum atomic E-state index is 14.3. The Balaban J connectivity index is 1.89. The molecule has 2 aliphatic heterocycles. The second-order valence-corrected chi connectivity index (χ2v) is 8.99. The average molecular weight is 507 g/mol. The van der Waals surface area contributed by atoms with Crippen LogP contribution in [0.25, 0.3) is 0 Å². The number of carboxylic acid groups (broad SMARTS) is 1. The molecule has 2 aromatic rings. The van der Waals surface area contributed by atoms with Crippen LogP contribution in [0, 0.1) is 11.6 Å². The zero-order chi connectivity index (χ0) is 25.2. The van der Waals surface area contributed by atoms with Crippen LogP contribution >= 0.6 is 11.3 Å². The van der Waals surface area contributed by atoms with Crippen molar-refractivity contribution in [2.24, 2.45) is 4.99 Å². The van der Waals surface area contributed by atoms with Crippen LogP contribution in [0.2, 0.25) is 0 Å². The van der Waals surface area contributed by atoms with Crippen molar-refractivity contribution in [2.75, 3.05) is 32.9 Å². The summed E-state index contributed by atoms with van der Waals surface area (Å²) in [5, 5.41) is 15.1. The van der Waals surface area contributed by atoms with Crippen molar-refractivity contribution in [1.29, 1.82) is 0 Å². The first-order valence-corrected chi connectivity index (χ1v) is 11.8. The monoisotopic (exact) mass is 506 g/mol. The molecule has 2 N–H and O–H groups in total. The highest BCUT2D eigenvalue weighted by Gasteiger charge is 2.44. The number of aliphatic imine (C=N–C) groups is 1. The summed E-state index contributed by atoms with van der Waals surface area (Å²) in [6.45, 7) is 3.97. The first-order valence-electron chi connectivity index (χ1n) is 10.9. The van der Waals surface area contributed by atoms with E-state index in [1.54, 1.807) is 30.3 Å². The van der Waals surface area contributed by atoms with Crippen LogP contribution < -0.4 is 5.32 Å². The Labute approximate surface area is 204 Å². The van der Waals surface area contributed by atoms with E-state index in [-0.39, 0.29) is 30.9 Å². The number of carbonyl (C=O) groups excluding carboxylic acids is 1. The fourth-order valence-electron chi connectivity index (χ4n) is 4.16. The number of halogens is 2. The van der Waals surface area contributed by atoms with Gasteiger partial charge in [-0.25, -0.2) is 23.6 Å². The summed E-state index contributed by atoms with van der Waals surface area (Å²) in [7, 11) is 0. The maximum absolute atomic E-state index is 14.3. The van der Waals surface area contributed by atoms with Crippen molar-refractivity contribution in [2.45, 2.75) is 25.4 Å². The smallest absolute Gasteiger partial charge is 0.338 e. The number of aromatic nitrogens is 1. The van der Waals surface area contributed by atoms with E-state index in [1.807, 2.05) is 0 Å². The zero-order valence-electron chi connectivity index (χ0n) is 19.1. The molecule has 2 aliphatic rings. The number of esters is 1. The summed E-state index contributed by atoms with van der Waals surface area (Å²) in [5.41, 5.74) is -0.845. The van der Waals surface area contributed by atoms with E-state index in [0.717, 1.165) is 12.1 Å². The Bertz CT molecular complexity index is 1190. The van der Waals surface area contributed by atoms with E-state index in [9.17, 15) is 23.5 Å². The zero-order valence-corrected chi connectivity index (χ0v) is 19.9. The van der Waals surface area contributed by atoms with E-state index in [2.05, 4.69) is 10.3 Å². The SMILES string of the molecule is CCOC(=O)C1=C(CN2CCOCC2C(=O)O)NC(c2nccs2)=NC1(C)c1ccc(F)c(F)c1. The van der Waals surface area contributed by atoms with Gasteiger partial charge in [-0.15, -0.1) is 11.3 Å². The van der Waals surface area contributed by atoms with Crippen molar-refractivity contribution < 1.29 is 33.0 Å². The van der Waals surface area contributed by atoms with Gasteiger partial charge in [-0.2, -0.15) is 0 Å². The number of rotatable bonds is 7. The lowest BCUT2D eigenvalue weighted by Gasteiger charge is -2.38. The molecule has 0 saturated carbocycles. The number of ether oxygens (including phenoxy) is 2. The maximum Gasteiger partial charge on any atom is 0.338 e. The molecular weight excluding hydrogens is 482 g/mol. The number of hydrogen-bond donors (Lipinski definition) is 2. The fraction of sp³-hybridized carbons (Fsp3) is 0.391. The minimum absolute atomic E-state index is 0.00871. The predicted octanol–water partition coefficient (Wildman–Crippen LogP) is 2.29. The van der Waals surface area contributed by atoms with Gasteiger partial charge in [0.2, 0.25) is 0 Å². The van der Waals surface area contributed by atoms with E-state index < -0.39 is 35.2 Å². The van der Waals surface area contributed by atoms with Crippen LogP contribution in [-0.2, 0) is 24.6 Å². The van der Waals surface area contributed by atoms with Gasteiger partial charge < -0.3 is 19.9 Å². The summed E-state index contributed by atoms with van der Waals surface area (Å²) in [6, 6.07) is 2.40. The number of nitrogens with one attached hydrogen (secondary N) is 1. The van der Waals surface area contributed by atoms with Crippen molar-refractivity contribution in [1.82, 2.24) is 15.2 Å². The Hall–Kier alpha value is -3.22. The van der Waals surface area contributed by atoms with E-state index in [4.69, 9.17) is 14.5 Å². The van der Waals surface area contributed by atoms with Crippen molar-refractivity contribution in [3.63, 3.8) is 0 Å². The molecule has 186 valence electrons. The van der Waals surface area contributed by atoms with Gasteiger partial charge in [0.05, 0.1) is 25.4 Å². The van der Waals surface area contributed by atoms with Crippen LogP contribution in [-0.4, -0.2) is 71.7 Å². The number of amidine groups is 1. The van der Waals surface area contributed by atoms with Crippen LogP contribution in [0.5, 0.6) is 0 Å². The first kappa shape index (κ1) is 24.9. The third-order valence-electron chi connectivity index (χ3n) is 5.88. The van der Waals surface area contributed by atoms with Crippen LogP contribution in [0.4, 0.5) is 8.78 Å².